The van der Waals surface area contributed by atoms with E-state index in [1.165, 1.54) is 50.1 Å². The van der Waals surface area contributed by atoms with Gasteiger partial charge in [0.2, 0.25) is 0 Å². The molecule has 2 aliphatic carbocycles. The highest BCUT2D eigenvalue weighted by Gasteiger charge is 2.51. The van der Waals surface area contributed by atoms with Gasteiger partial charge in [-0.15, -0.1) is 0 Å². The molecule has 9 aromatic rings. The molecule has 0 saturated heterocycles. The van der Waals surface area contributed by atoms with Gasteiger partial charge in [0.1, 0.15) is 0 Å². The van der Waals surface area contributed by atoms with Crippen LogP contribution < -0.4 is 0 Å². The summed E-state index contributed by atoms with van der Waals surface area (Å²) in [6.07, 6.45) is 3.63. The van der Waals surface area contributed by atoms with Crippen LogP contribution in [0.1, 0.15) is 22.3 Å². The molecule has 256 valence electrons. The van der Waals surface area contributed by atoms with Crippen LogP contribution in [-0.4, -0.2) is 15.0 Å². The van der Waals surface area contributed by atoms with Crippen LogP contribution in [0.2, 0.25) is 0 Å². The van der Waals surface area contributed by atoms with Gasteiger partial charge in [0, 0.05) is 29.1 Å². The Hall–Kier alpha value is -7.23. The molecule has 0 aliphatic heterocycles. The Bertz CT molecular complexity index is 2890. The second kappa shape index (κ2) is 12.4. The average molecular weight is 700 g/mol. The van der Waals surface area contributed by atoms with E-state index in [0.717, 1.165) is 44.8 Å². The van der Waals surface area contributed by atoms with Gasteiger partial charge in [0.25, 0.3) is 0 Å². The van der Waals surface area contributed by atoms with Crippen LogP contribution in [0.4, 0.5) is 0 Å². The Morgan fingerprint density at radius 3 is 1.53 bits per heavy atom. The molecular formula is C52H33N3. The van der Waals surface area contributed by atoms with E-state index in [4.69, 9.17) is 9.97 Å². The summed E-state index contributed by atoms with van der Waals surface area (Å²) < 4.78 is 0. The van der Waals surface area contributed by atoms with Gasteiger partial charge in [-0.1, -0.05) is 158 Å². The first-order valence-corrected chi connectivity index (χ1v) is 18.8. The Morgan fingerprint density at radius 1 is 0.309 bits per heavy atom. The summed E-state index contributed by atoms with van der Waals surface area (Å²) in [6.45, 7) is 0. The monoisotopic (exact) mass is 699 g/mol. The van der Waals surface area contributed by atoms with E-state index in [1.807, 2.05) is 30.6 Å². The van der Waals surface area contributed by atoms with E-state index in [9.17, 15) is 0 Å². The third-order valence-corrected chi connectivity index (χ3v) is 11.4. The molecule has 7 aromatic carbocycles. The van der Waals surface area contributed by atoms with E-state index in [1.54, 1.807) is 0 Å². The number of hydrogen-bond donors (Lipinski definition) is 0. The van der Waals surface area contributed by atoms with E-state index in [2.05, 4.69) is 175 Å². The van der Waals surface area contributed by atoms with Crippen LogP contribution in [0, 0.1) is 0 Å². The first-order chi connectivity index (χ1) is 27.3. The maximum Gasteiger partial charge on any atom is 0.160 e. The number of fused-ring (bicyclic) bond motifs is 10. The smallest absolute Gasteiger partial charge is 0.160 e. The maximum atomic E-state index is 5.26. The number of rotatable bonds is 5. The molecular weight excluding hydrogens is 667 g/mol. The summed E-state index contributed by atoms with van der Waals surface area (Å²) in [5, 5.41) is 0. The number of aromatic nitrogens is 3. The quantitative estimate of drug-likeness (QED) is 0.179. The first kappa shape index (κ1) is 31.3. The zero-order valence-corrected chi connectivity index (χ0v) is 29.9. The van der Waals surface area contributed by atoms with Gasteiger partial charge in [-0.3, -0.25) is 4.98 Å². The highest BCUT2D eigenvalue weighted by atomic mass is 14.9. The lowest BCUT2D eigenvalue weighted by atomic mass is 9.70. The predicted octanol–water partition coefficient (Wildman–Crippen LogP) is 12.6. The second-order valence-electron chi connectivity index (χ2n) is 14.3. The summed E-state index contributed by atoms with van der Waals surface area (Å²) in [4.78, 5) is 14.7. The molecule has 55 heavy (non-hydrogen) atoms. The summed E-state index contributed by atoms with van der Waals surface area (Å²) >= 11 is 0. The standard InChI is InChI=1S/C52H33N3/c1-2-13-34(14-3-1)36-15-10-18-39(31-36)51-54-48(35-27-29-53-30-28-35)33-49(55-51)38-17-11-16-37(32-38)40-22-12-26-47-50(40)43-21-6-9-25-46(43)52(47)44-23-7-4-19-41(44)42-20-5-8-24-45(42)52/h1-33H. The fourth-order valence-corrected chi connectivity index (χ4v) is 9.09. The third-order valence-electron chi connectivity index (χ3n) is 11.4. The predicted molar refractivity (Wildman–Crippen MR) is 223 cm³/mol. The van der Waals surface area contributed by atoms with E-state index >= 15 is 0 Å². The fourth-order valence-electron chi connectivity index (χ4n) is 9.09. The molecule has 2 aromatic heterocycles. The number of benzene rings is 7. The van der Waals surface area contributed by atoms with Crippen molar-refractivity contribution < 1.29 is 0 Å². The molecule has 0 radical (unpaired) electrons. The topological polar surface area (TPSA) is 38.7 Å². The van der Waals surface area contributed by atoms with Crippen LogP contribution in [0.15, 0.2) is 200 Å². The van der Waals surface area contributed by atoms with Crippen LogP contribution in [0.5, 0.6) is 0 Å². The molecule has 2 aliphatic rings. The zero-order valence-electron chi connectivity index (χ0n) is 29.9. The molecule has 0 bridgehead atoms. The van der Waals surface area contributed by atoms with Gasteiger partial charge < -0.3 is 0 Å². The largest absolute Gasteiger partial charge is 0.265 e. The van der Waals surface area contributed by atoms with Crippen molar-refractivity contribution in [1.82, 2.24) is 15.0 Å². The van der Waals surface area contributed by atoms with Crippen molar-refractivity contribution in [2.75, 3.05) is 0 Å². The lowest BCUT2D eigenvalue weighted by molar-refractivity contribution is 0.794. The van der Waals surface area contributed by atoms with Gasteiger partial charge in [0.15, 0.2) is 5.82 Å². The van der Waals surface area contributed by atoms with Gasteiger partial charge in [-0.25, -0.2) is 9.97 Å². The van der Waals surface area contributed by atoms with Gasteiger partial charge in [0.05, 0.1) is 16.8 Å². The minimum atomic E-state index is -0.387. The van der Waals surface area contributed by atoms with Gasteiger partial charge in [-0.05, 0) is 97.1 Å². The minimum absolute atomic E-state index is 0.387. The van der Waals surface area contributed by atoms with Crippen molar-refractivity contribution in [1.29, 1.82) is 0 Å². The Morgan fingerprint density at radius 2 is 0.800 bits per heavy atom. The van der Waals surface area contributed by atoms with Gasteiger partial charge >= 0.3 is 0 Å². The van der Waals surface area contributed by atoms with E-state index in [0.29, 0.717) is 5.82 Å². The van der Waals surface area contributed by atoms with Crippen LogP contribution >= 0.6 is 0 Å². The van der Waals surface area contributed by atoms with Crippen LogP contribution in [0.25, 0.3) is 78.4 Å². The number of nitrogens with zero attached hydrogens (tertiary/aromatic N) is 3. The number of pyridine rings is 1. The van der Waals surface area contributed by atoms with Crippen molar-refractivity contribution in [3.05, 3.63) is 223 Å². The Kier molecular flexibility index (Phi) is 7.08. The zero-order chi connectivity index (χ0) is 36.3. The third kappa shape index (κ3) is 4.80. The van der Waals surface area contributed by atoms with Crippen molar-refractivity contribution in [2.45, 2.75) is 5.41 Å². The molecule has 0 saturated carbocycles. The Balaban J connectivity index is 1.09. The van der Waals surface area contributed by atoms with Crippen molar-refractivity contribution in [3.8, 4) is 78.4 Å². The first-order valence-electron chi connectivity index (χ1n) is 18.8. The molecule has 3 nitrogen and oxygen atoms in total. The summed E-state index contributed by atoms with van der Waals surface area (Å²) in [5.74, 6) is 0.683. The lowest BCUT2D eigenvalue weighted by Crippen LogP contribution is -2.25. The average Bonchev–Trinajstić information content (AvgIpc) is 3.75. The molecule has 0 unspecified atom stereocenters. The van der Waals surface area contributed by atoms with Crippen molar-refractivity contribution >= 4 is 0 Å². The van der Waals surface area contributed by atoms with Crippen LogP contribution in [-0.2, 0) is 5.41 Å². The normalized spacial score (nSPS) is 12.9. The van der Waals surface area contributed by atoms with Crippen molar-refractivity contribution in [2.24, 2.45) is 0 Å². The SMILES string of the molecule is c1ccc(-c2cccc(-c3nc(-c4ccncc4)cc(-c4cccc(-c5cccc6c5-c5ccccc5C65c6ccccc6-c6ccccc65)c4)n3)c2)cc1. The number of hydrogen-bond acceptors (Lipinski definition) is 3. The lowest BCUT2D eigenvalue weighted by Gasteiger charge is -2.30. The van der Waals surface area contributed by atoms with E-state index in [-0.39, 0.29) is 5.41 Å². The molecule has 0 atom stereocenters. The summed E-state index contributed by atoms with van der Waals surface area (Å²) in [6, 6.07) is 67.7. The van der Waals surface area contributed by atoms with E-state index < -0.39 is 0 Å². The Labute approximate surface area is 320 Å². The highest BCUT2D eigenvalue weighted by molar-refractivity contribution is 6.00. The molecule has 3 heteroatoms. The molecule has 0 fully saturated rings. The maximum absolute atomic E-state index is 5.26. The summed E-state index contributed by atoms with van der Waals surface area (Å²) in [5.41, 5.74) is 19.5. The van der Waals surface area contributed by atoms with Gasteiger partial charge in [-0.2, -0.15) is 0 Å². The van der Waals surface area contributed by atoms with Crippen LogP contribution in [0.3, 0.4) is 0 Å². The molecule has 11 rings (SSSR count). The molecule has 0 N–H and O–H groups in total. The molecule has 0 amide bonds. The minimum Gasteiger partial charge on any atom is -0.265 e. The fraction of sp³-hybridized carbons (Fsp3) is 0.0192. The second-order valence-corrected chi connectivity index (χ2v) is 14.3. The molecule has 1 spiro atoms. The van der Waals surface area contributed by atoms with Crippen molar-refractivity contribution in [3.63, 3.8) is 0 Å². The highest BCUT2D eigenvalue weighted by Crippen LogP contribution is 2.63. The summed E-state index contributed by atoms with van der Waals surface area (Å²) in [7, 11) is 0. The molecule has 2 heterocycles.